The van der Waals surface area contributed by atoms with E-state index in [-0.39, 0.29) is 17.1 Å². The molecule has 6 nitrogen and oxygen atoms in total. The van der Waals surface area contributed by atoms with Gasteiger partial charge in [-0.15, -0.1) is 11.3 Å². The van der Waals surface area contributed by atoms with Gasteiger partial charge in [-0.3, -0.25) is 9.69 Å². The second-order valence-corrected chi connectivity index (χ2v) is 7.31. The van der Waals surface area contributed by atoms with Gasteiger partial charge < -0.3 is 10.4 Å². The van der Waals surface area contributed by atoms with Crippen molar-refractivity contribution in [1.29, 1.82) is 0 Å². The maximum absolute atomic E-state index is 12.8. The Morgan fingerprint density at radius 1 is 1.26 bits per heavy atom. The Morgan fingerprint density at radius 2 is 1.96 bits per heavy atom. The summed E-state index contributed by atoms with van der Waals surface area (Å²) in [4.78, 5) is 30.1. The van der Waals surface area contributed by atoms with Crippen molar-refractivity contribution < 1.29 is 14.7 Å². The highest BCUT2D eigenvalue weighted by atomic mass is 32.1. The fourth-order valence-electron chi connectivity index (χ4n) is 3.76. The van der Waals surface area contributed by atoms with E-state index >= 15 is 0 Å². The lowest BCUT2D eigenvalue weighted by Crippen LogP contribution is -2.56. The Bertz CT molecular complexity index is 575. The summed E-state index contributed by atoms with van der Waals surface area (Å²) in [5.41, 5.74) is -0.216. The maximum Gasteiger partial charge on any atom is 0.355 e. The third-order valence-electron chi connectivity index (χ3n) is 4.96. The van der Waals surface area contributed by atoms with Gasteiger partial charge in [0.05, 0.1) is 5.01 Å². The molecule has 0 bridgehead atoms. The van der Waals surface area contributed by atoms with Gasteiger partial charge >= 0.3 is 5.97 Å². The molecule has 2 heterocycles. The number of hydrogen-bond donors (Lipinski definition) is 2. The lowest BCUT2D eigenvalue weighted by molar-refractivity contribution is -0.132. The van der Waals surface area contributed by atoms with Crippen molar-refractivity contribution in [2.24, 2.45) is 0 Å². The highest BCUT2D eigenvalue weighted by molar-refractivity contribution is 7.09. The standard InChI is InChI=1S/C16H23N3O3S/c20-14(21)12-11-23-13(18-12)5-8-17-15(22)16(6-1-2-7-16)19-9-3-4-10-19/h11H,1-10H2,(H,17,22)(H,20,21). The molecule has 1 saturated carbocycles. The van der Waals surface area contributed by atoms with E-state index < -0.39 is 5.97 Å². The lowest BCUT2D eigenvalue weighted by Gasteiger charge is -2.37. The molecule has 2 N–H and O–H groups in total. The third kappa shape index (κ3) is 3.40. The lowest BCUT2D eigenvalue weighted by atomic mass is 9.94. The van der Waals surface area contributed by atoms with Gasteiger partial charge in [0, 0.05) is 18.3 Å². The highest BCUT2D eigenvalue weighted by Crippen LogP contribution is 2.37. The number of hydrogen-bond acceptors (Lipinski definition) is 5. The number of rotatable bonds is 6. The molecular formula is C16H23N3O3S. The van der Waals surface area contributed by atoms with Gasteiger partial charge in [0.15, 0.2) is 5.69 Å². The van der Waals surface area contributed by atoms with Crippen LogP contribution < -0.4 is 5.32 Å². The van der Waals surface area contributed by atoms with Gasteiger partial charge in [-0.25, -0.2) is 9.78 Å². The molecule has 1 saturated heterocycles. The van der Waals surface area contributed by atoms with Crippen LogP contribution in [0.3, 0.4) is 0 Å². The second-order valence-electron chi connectivity index (χ2n) is 6.37. The first-order valence-electron chi connectivity index (χ1n) is 8.33. The minimum absolute atomic E-state index is 0.0839. The number of likely N-dealkylation sites (tertiary alicyclic amines) is 1. The summed E-state index contributed by atoms with van der Waals surface area (Å²) < 4.78 is 0. The van der Waals surface area contributed by atoms with Crippen molar-refractivity contribution >= 4 is 23.2 Å². The Balaban J connectivity index is 1.55. The molecule has 7 heteroatoms. The molecule has 2 fully saturated rings. The summed E-state index contributed by atoms with van der Waals surface area (Å²) in [6.45, 7) is 2.57. The summed E-state index contributed by atoms with van der Waals surface area (Å²) in [6, 6.07) is 0. The Labute approximate surface area is 139 Å². The monoisotopic (exact) mass is 337 g/mol. The first-order chi connectivity index (χ1) is 11.1. The van der Waals surface area contributed by atoms with Gasteiger partial charge in [0.1, 0.15) is 5.54 Å². The molecule has 1 aromatic heterocycles. The van der Waals surface area contributed by atoms with Crippen LogP contribution in [-0.2, 0) is 11.2 Å². The van der Waals surface area contributed by atoms with Gasteiger partial charge in [0.2, 0.25) is 5.91 Å². The van der Waals surface area contributed by atoms with Crippen LogP contribution in [0.2, 0.25) is 0 Å². The van der Waals surface area contributed by atoms with E-state index in [1.807, 2.05) is 0 Å². The number of aromatic carboxylic acids is 1. The number of amides is 1. The average Bonchev–Trinajstić information content (AvgIpc) is 3.27. The topological polar surface area (TPSA) is 82.5 Å². The van der Waals surface area contributed by atoms with Crippen molar-refractivity contribution in [2.75, 3.05) is 19.6 Å². The summed E-state index contributed by atoms with van der Waals surface area (Å²) in [7, 11) is 0. The third-order valence-corrected chi connectivity index (χ3v) is 5.87. The van der Waals surface area contributed by atoms with Crippen LogP contribution >= 0.6 is 11.3 Å². The predicted octanol–water partition coefficient (Wildman–Crippen LogP) is 1.91. The average molecular weight is 337 g/mol. The molecule has 1 aliphatic heterocycles. The predicted molar refractivity (Wildman–Crippen MR) is 87.8 cm³/mol. The molecule has 0 atom stereocenters. The Kier molecular flexibility index (Phi) is 4.96. The number of carboxylic acid groups (broad SMARTS) is 1. The van der Waals surface area contributed by atoms with E-state index in [9.17, 15) is 9.59 Å². The fraction of sp³-hybridized carbons (Fsp3) is 0.688. The molecule has 0 unspecified atom stereocenters. The number of nitrogens with one attached hydrogen (secondary N) is 1. The number of carbonyl (C=O) groups excluding carboxylic acids is 1. The van der Waals surface area contributed by atoms with Gasteiger partial charge in [-0.1, -0.05) is 12.8 Å². The smallest absolute Gasteiger partial charge is 0.355 e. The molecule has 1 aromatic rings. The summed E-state index contributed by atoms with van der Waals surface area (Å²) in [5, 5.41) is 14.2. The maximum atomic E-state index is 12.8. The molecule has 23 heavy (non-hydrogen) atoms. The fourth-order valence-corrected chi connectivity index (χ4v) is 4.54. The molecule has 126 valence electrons. The summed E-state index contributed by atoms with van der Waals surface area (Å²) in [5.74, 6) is -0.859. The Morgan fingerprint density at radius 3 is 2.57 bits per heavy atom. The SMILES string of the molecule is O=C(O)c1csc(CCNC(=O)C2(N3CCCC3)CCCC2)n1. The molecular weight excluding hydrogens is 314 g/mol. The van der Waals surface area contributed by atoms with Crippen LogP contribution in [-0.4, -0.2) is 52.0 Å². The number of carboxylic acids is 1. The first-order valence-corrected chi connectivity index (χ1v) is 9.21. The van der Waals surface area contributed by atoms with E-state index in [4.69, 9.17) is 5.11 Å². The molecule has 0 aromatic carbocycles. The molecule has 0 radical (unpaired) electrons. The molecule has 1 amide bonds. The van der Waals surface area contributed by atoms with E-state index in [1.165, 1.54) is 24.2 Å². The summed E-state index contributed by atoms with van der Waals surface area (Å²) >= 11 is 1.33. The largest absolute Gasteiger partial charge is 0.476 e. The molecule has 2 aliphatic rings. The van der Waals surface area contributed by atoms with Crippen molar-refractivity contribution in [3.8, 4) is 0 Å². The molecule has 3 rings (SSSR count). The van der Waals surface area contributed by atoms with Crippen LogP contribution in [0, 0.1) is 0 Å². The van der Waals surface area contributed by atoms with Crippen molar-refractivity contribution in [3.63, 3.8) is 0 Å². The van der Waals surface area contributed by atoms with E-state index in [0.717, 1.165) is 43.8 Å². The zero-order chi connectivity index (χ0) is 16.3. The van der Waals surface area contributed by atoms with E-state index in [1.54, 1.807) is 5.38 Å². The minimum Gasteiger partial charge on any atom is -0.476 e. The van der Waals surface area contributed by atoms with Crippen molar-refractivity contribution in [3.05, 3.63) is 16.1 Å². The normalized spacial score (nSPS) is 20.7. The number of aromatic nitrogens is 1. The van der Waals surface area contributed by atoms with Gasteiger partial charge in [-0.2, -0.15) is 0 Å². The summed E-state index contributed by atoms with van der Waals surface area (Å²) in [6.07, 6.45) is 7.12. The van der Waals surface area contributed by atoms with Crippen LogP contribution in [0.4, 0.5) is 0 Å². The van der Waals surface area contributed by atoms with Gasteiger partial charge in [0.25, 0.3) is 0 Å². The Hall–Kier alpha value is -1.47. The highest BCUT2D eigenvalue weighted by Gasteiger charge is 2.46. The number of carbonyl (C=O) groups is 2. The van der Waals surface area contributed by atoms with Crippen LogP contribution in [0.15, 0.2) is 5.38 Å². The van der Waals surface area contributed by atoms with Crippen molar-refractivity contribution in [2.45, 2.75) is 50.5 Å². The van der Waals surface area contributed by atoms with E-state index in [2.05, 4.69) is 15.2 Å². The second kappa shape index (κ2) is 6.97. The van der Waals surface area contributed by atoms with Gasteiger partial charge in [-0.05, 0) is 38.8 Å². The zero-order valence-corrected chi connectivity index (χ0v) is 14.0. The van der Waals surface area contributed by atoms with Crippen molar-refractivity contribution in [1.82, 2.24) is 15.2 Å². The number of thiazole rings is 1. The zero-order valence-electron chi connectivity index (χ0n) is 13.2. The van der Waals surface area contributed by atoms with E-state index in [0.29, 0.717) is 13.0 Å². The molecule has 0 spiro atoms. The van der Waals surface area contributed by atoms with Crippen LogP contribution in [0.1, 0.15) is 54.0 Å². The first kappa shape index (κ1) is 16.4. The van der Waals surface area contributed by atoms with Crippen LogP contribution in [0.25, 0.3) is 0 Å². The van der Waals surface area contributed by atoms with Crippen LogP contribution in [0.5, 0.6) is 0 Å². The minimum atomic E-state index is -1.00. The number of nitrogens with zero attached hydrogens (tertiary/aromatic N) is 2. The quantitative estimate of drug-likeness (QED) is 0.828. The molecule has 1 aliphatic carbocycles.